The molecule has 2 aromatic carbocycles. The van der Waals surface area contributed by atoms with Crippen LogP contribution in [0.1, 0.15) is 69.8 Å². The maximum absolute atomic E-state index is 15.4. The maximum Gasteiger partial charge on any atom is 0.414 e. The average molecular weight is 757 g/mol. The largest absolute Gasteiger partial charge is 0.488 e. The monoisotopic (exact) mass is 756 g/mol. The molecule has 17 heteroatoms. The number of aromatic nitrogens is 1. The fraction of sp³-hybridized carbons (Fsp3) is 0.486. The zero-order valence-electron chi connectivity index (χ0n) is 30.2. The smallest absolute Gasteiger partial charge is 0.414 e. The summed E-state index contributed by atoms with van der Waals surface area (Å²) in [5.41, 5.74) is -2.48. The Kier molecular flexibility index (Phi) is 10.5. The van der Waals surface area contributed by atoms with Crippen LogP contribution in [0.3, 0.4) is 0 Å². The predicted molar refractivity (Wildman–Crippen MR) is 189 cm³/mol. The molecule has 1 saturated carbocycles. The number of piperidine rings is 1. The lowest BCUT2D eigenvalue weighted by atomic mass is 9.92. The van der Waals surface area contributed by atoms with Crippen molar-refractivity contribution in [2.24, 2.45) is 0 Å². The van der Waals surface area contributed by atoms with Gasteiger partial charge in [0.05, 0.1) is 23.4 Å². The topological polar surface area (TPSA) is 186 Å². The fourth-order valence-electron chi connectivity index (χ4n) is 6.37. The van der Waals surface area contributed by atoms with E-state index >= 15 is 8.78 Å². The summed E-state index contributed by atoms with van der Waals surface area (Å²) in [6.07, 6.45) is 0.808. The van der Waals surface area contributed by atoms with Crippen LogP contribution < -0.4 is 25.3 Å². The number of cyclic esters (lactones) is 1. The van der Waals surface area contributed by atoms with Gasteiger partial charge in [-0.05, 0) is 77.6 Å². The number of anilines is 2. The molecule has 3 fully saturated rings. The zero-order valence-corrected chi connectivity index (χ0v) is 30.2. The van der Waals surface area contributed by atoms with Crippen molar-refractivity contribution >= 4 is 46.4 Å². The Bertz CT molecular complexity index is 2040. The van der Waals surface area contributed by atoms with Gasteiger partial charge in [-0.3, -0.25) is 9.69 Å². The number of ether oxygens (including phenoxy) is 4. The molecular weight excluding hydrogens is 714 g/mol. The second kappa shape index (κ2) is 14.8. The number of carbonyl (C=O) groups is 4. The van der Waals surface area contributed by atoms with Crippen LogP contribution in [-0.4, -0.2) is 95.1 Å². The van der Waals surface area contributed by atoms with Gasteiger partial charge in [0.15, 0.2) is 17.7 Å². The first-order chi connectivity index (χ1) is 25.4. The van der Waals surface area contributed by atoms with Gasteiger partial charge in [0, 0.05) is 36.8 Å². The molecule has 0 unspecified atom stereocenters. The van der Waals surface area contributed by atoms with Crippen LogP contribution in [0.5, 0.6) is 5.75 Å². The minimum Gasteiger partial charge on any atom is -0.488 e. The highest BCUT2D eigenvalue weighted by Crippen LogP contribution is 2.39. The van der Waals surface area contributed by atoms with Gasteiger partial charge in [-0.25, -0.2) is 28.0 Å². The Hall–Kier alpha value is -5.45. The number of carboxylic acid groups (broad SMARTS) is 1. The number of aromatic carboxylic acids is 1. The van der Waals surface area contributed by atoms with Gasteiger partial charge in [-0.2, -0.15) is 0 Å². The van der Waals surface area contributed by atoms with Gasteiger partial charge in [0.2, 0.25) is 5.43 Å². The number of halogens is 2. The molecule has 0 bridgehead atoms. The van der Waals surface area contributed by atoms with Crippen LogP contribution in [0.25, 0.3) is 10.9 Å². The van der Waals surface area contributed by atoms with Crippen molar-refractivity contribution in [2.45, 2.75) is 82.8 Å². The third kappa shape index (κ3) is 8.51. The summed E-state index contributed by atoms with van der Waals surface area (Å²) < 4.78 is 53.6. The zero-order chi connectivity index (χ0) is 39.1. The van der Waals surface area contributed by atoms with Crippen LogP contribution in [-0.2, 0) is 19.0 Å². The van der Waals surface area contributed by atoms with Crippen LogP contribution >= 0.6 is 0 Å². The Labute approximate surface area is 308 Å². The number of pyridine rings is 1. The molecule has 3 N–H and O–H groups in total. The molecule has 15 nitrogen and oxygen atoms in total. The molecule has 6 rings (SSSR count). The first kappa shape index (κ1) is 38.3. The van der Waals surface area contributed by atoms with E-state index in [2.05, 4.69) is 5.32 Å². The SMILES string of the molecule is C[C@H](NC(=O)OC(C)(C)C)C(=O)OC[C@H]1CN(c2ccc(OCC3(O)CCN(c4cc5c(cc4F)c(=O)c(C(=O)O)cn5C4CC4)CC3)c(F)c2)C(=O)O1. The number of nitrogens with one attached hydrogen (secondary N) is 1. The molecule has 2 atom stereocenters. The highest BCUT2D eigenvalue weighted by atomic mass is 19.1. The number of esters is 1. The highest BCUT2D eigenvalue weighted by molar-refractivity contribution is 5.94. The number of carbonyl (C=O) groups excluding carboxylic acids is 3. The summed E-state index contributed by atoms with van der Waals surface area (Å²) in [7, 11) is 0. The number of amides is 2. The van der Waals surface area contributed by atoms with Crippen LogP contribution in [0, 0.1) is 11.6 Å². The van der Waals surface area contributed by atoms with Gasteiger partial charge in [0.1, 0.15) is 41.8 Å². The number of hydrogen-bond donors (Lipinski definition) is 3. The van der Waals surface area contributed by atoms with Crippen LogP contribution in [0.4, 0.5) is 29.7 Å². The molecule has 1 aliphatic carbocycles. The van der Waals surface area contributed by atoms with Crippen molar-refractivity contribution < 1.29 is 57.1 Å². The predicted octanol–water partition coefficient (Wildman–Crippen LogP) is 4.50. The lowest BCUT2D eigenvalue weighted by Gasteiger charge is -2.39. The van der Waals surface area contributed by atoms with Crippen molar-refractivity contribution in [3.8, 4) is 5.75 Å². The summed E-state index contributed by atoms with van der Waals surface area (Å²) >= 11 is 0. The maximum atomic E-state index is 15.4. The van der Waals surface area contributed by atoms with E-state index in [0.717, 1.165) is 29.9 Å². The molecule has 1 aromatic heterocycles. The number of nitrogens with zero attached hydrogens (tertiary/aromatic N) is 3. The minimum absolute atomic E-state index is 0.0128. The standard InChI is InChI=1S/C37H42F2N4O11/c1-20(40-34(48)54-36(2,3)4)33(47)51-18-23-16-43(35(49)53-23)22-7-8-30(27(39)13-22)52-19-37(50)9-11-41(12-10-37)29-15-28-24(14-26(29)38)31(44)25(32(45)46)17-42(28)21-5-6-21/h7-8,13-15,17,20-21,23,50H,5-6,9-12,16,18-19H2,1-4H3,(H,40,48)(H,45,46)/t20-,23+/m0/s1. The Morgan fingerprint density at radius 2 is 1.78 bits per heavy atom. The molecule has 2 amide bonds. The first-order valence-electron chi connectivity index (χ1n) is 17.6. The van der Waals surface area contributed by atoms with Gasteiger partial charge < -0.3 is 43.9 Å². The fourth-order valence-corrected chi connectivity index (χ4v) is 6.37. The van der Waals surface area contributed by atoms with E-state index in [9.17, 15) is 34.2 Å². The summed E-state index contributed by atoms with van der Waals surface area (Å²) in [6, 6.07) is 5.44. The van der Waals surface area contributed by atoms with Gasteiger partial charge in [0.25, 0.3) is 0 Å². The first-order valence-corrected chi connectivity index (χ1v) is 17.6. The molecule has 2 saturated heterocycles. The molecule has 0 spiro atoms. The molecule has 3 aliphatic rings. The summed E-state index contributed by atoms with van der Waals surface area (Å²) in [5, 5.41) is 23.1. The number of hydrogen-bond acceptors (Lipinski definition) is 11. The van der Waals surface area contributed by atoms with Gasteiger partial charge >= 0.3 is 24.1 Å². The van der Waals surface area contributed by atoms with Gasteiger partial charge in [-0.15, -0.1) is 0 Å². The van der Waals surface area contributed by atoms with Crippen molar-refractivity contribution in [1.29, 1.82) is 0 Å². The number of fused-ring (bicyclic) bond motifs is 1. The average Bonchev–Trinajstić information content (AvgIpc) is 3.87. The Morgan fingerprint density at radius 1 is 1.07 bits per heavy atom. The lowest BCUT2D eigenvalue weighted by Crippen LogP contribution is -2.48. The molecule has 290 valence electrons. The second-order valence-corrected chi connectivity index (χ2v) is 14.9. The van der Waals surface area contributed by atoms with E-state index in [1.807, 2.05) is 0 Å². The molecule has 0 radical (unpaired) electrons. The minimum atomic E-state index is -1.38. The van der Waals surface area contributed by atoms with Crippen LogP contribution in [0.2, 0.25) is 0 Å². The number of carboxylic acids is 1. The van der Waals surface area contributed by atoms with Crippen LogP contribution in [0.15, 0.2) is 41.3 Å². The van der Waals surface area contributed by atoms with Crippen molar-refractivity contribution in [1.82, 2.24) is 9.88 Å². The van der Waals surface area contributed by atoms with Gasteiger partial charge in [-0.1, -0.05) is 0 Å². The number of aliphatic hydroxyl groups is 1. The third-order valence-electron chi connectivity index (χ3n) is 9.40. The lowest BCUT2D eigenvalue weighted by molar-refractivity contribution is -0.148. The van der Waals surface area contributed by atoms with E-state index < -0.39 is 70.1 Å². The van der Waals surface area contributed by atoms with E-state index in [-0.39, 0.29) is 74.2 Å². The number of alkyl carbamates (subject to hydrolysis) is 1. The third-order valence-corrected chi connectivity index (χ3v) is 9.40. The van der Waals surface area contributed by atoms with Crippen molar-refractivity contribution in [3.63, 3.8) is 0 Å². The molecular formula is C37H42F2N4O11. The summed E-state index contributed by atoms with van der Waals surface area (Å²) in [4.78, 5) is 64.2. The van der Waals surface area contributed by atoms with Crippen molar-refractivity contribution in [3.05, 3.63) is 63.9 Å². The quantitative estimate of drug-likeness (QED) is 0.184. The summed E-state index contributed by atoms with van der Waals surface area (Å²) in [6.45, 7) is 6.27. The van der Waals surface area contributed by atoms with E-state index in [1.54, 1.807) is 36.3 Å². The molecule has 54 heavy (non-hydrogen) atoms. The second-order valence-electron chi connectivity index (χ2n) is 14.9. The molecule has 3 aromatic rings. The highest BCUT2D eigenvalue weighted by Gasteiger charge is 2.37. The number of benzene rings is 2. The normalized spacial score (nSPS) is 18.9. The molecule has 3 heterocycles. The number of rotatable bonds is 11. The summed E-state index contributed by atoms with van der Waals surface area (Å²) in [5.74, 6) is -3.80. The van der Waals surface area contributed by atoms with E-state index in [4.69, 9.17) is 18.9 Å². The molecule has 2 aliphatic heterocycles. The van der Waals surface area contributed by atoms with E-state index in [0.29, 0.717) is 5.52 Å². The Balaban J connectivity index is 1.02. The van der Waals surface area contributed by atoms with E-state index in [1.165, 1.54) is 25.3 Å². The Morgan fingerprint density at radius 3 is 2.41 bits per heavy atom. The van der Waals surface area contributed by atoms with Crippen molar-refractivity contribution in [2.75, 3.05) is 42.6 Å².